The second kappa shape index (κ2) is 5.73. The Bertz CT molecular complexity index is 966. The maximum absolute atomic E-state index is 12.5. The van der Waals surface area contributed by atoms with Gasteiger partial charge in [0.05, 0.1) is 13.7 Å². The smallest absolute Gasteiger partial charge is 0.332 e. The van der Waals surface area contributed by atoms with Gasteiger partial charge in [0, 0.05) is 7.05 Å². The highest BCUT2D eigenvalue weighted by atomic mass is 16.5. The number of hydrogen-bond donors (Lipinski definition) is 2. The average molecular weight is 316 g/mol. The fraction of sp³-hybridized carbons (Fsp3) is 0.267. The van der Waals surface area contributed by atoms with Crippen molar-refractivity contribution in [1.29, 1.82) is 0 Å². The quantitative estimate of drug-likeness (QED) is 0.704. The maximum atomic E-state index is 12.5. The first-order valence-corrected chi connectivity index (χ1v) is 6.97. The van der Waals surface area contributed by atoms with Crippen LogP contribution in [-0.4, -0.2) is 31.3 Å². The SMILES string of the molecule is COc1ccc(Cn2c(=O)c3[nH]c(CO)nc3n(C)c2=O)cc1. The van der Waals surface area contributed by atoms with Crippen molar-refractivity contribution in [3.05, 3.63) is 56.5 Å². The molecule has 2 N–H and O–H groups in total. The number of aromatic nitrogens is 4. The number of imidazole rings is 1. The Labute approximate surface area is 130 Å². The normalized spacial score (nSPS) is 11.1. The number of aliphatic hydroxyl groups excluding tert-OH is 1. The lowest BCUT2D eigenvalue weighted by Gasteiger charge is -2.08. The van der Waals surface area contributed by atoms with Crippen LogP contribution in [0.5, 0.6) is 5.75 Å². The highest BCUT2D eigenvalue weighted by molar-refractivity contribution is 5.69. The molecule has 0 aliphatic heterocycles. The summed E-state index contributed by atoms with van der Waals surface area (Å²) in [5.41, 5.74) is 0.298. The number of hydrogen-bond acceptors (Lipinski definition) is 5. The molecule has 0 spiro atoms. The first-order chi connectivity index (χ1) is 11.0. The molecule has 1 aromatic carbocycles. The van der Waals surface area contributed by atoms with Gasteiger partial charge >= 0.3 is 5.69 Å². The van der Waals surface area contributed by atoms with E-state index in [1.165, 1.54) is 11.6 Å². The fourth-order valence-electron chi connectivity index (χ4n) is 2.43. The molecule has 3 rings (SSSR count). The summed E-state index contributed by atoms with van der Waals surface area (Å²) in [4.78, 5) is 31.7. The van der Waals surface area contributed by atoms with Crippen LogP contribution >= 0.6 is 0 Å². The zero-order valence-electron chi connectivity index (χ0n) is 12.7. The molecule has 0 saturated heterocycles. The van der Waals surface area contributed by atoms with Gasteiger partial charge in [0.1, 0.15) is 23.7 Å². The predicted octanol–water partition coefficient (Wildman–Crippen LogP) is -0.0275. The van der Waals surface area contributed by atoms with Crippen LogP contribution in [0.2, 0.25) is 0 Å². The molecule has 0 atom stereocenters. The van der Waals surface area contributed by atoms with Crippen LogP contribution < -0.4 is 16.0 Å². The standard InChI is InChI=1S/C15H16N4O4/c1-18-13-12(16-11(8-20)17-13)14(21)19(15(18)22)7-9-3-5-10(23-2)6-4-9/h3-6,20H,7-8H2,1-2H3,(H,16,17). The molecule has 120 valence electrons. The van der Waals surface area contributed by atoms with E-state index in [1.807, 2.05) is 0 Å². The molecule has 0 bridgehead atoms. The van der Waals surface area contributed by atoms with E-state index in [0.29, 0.717) is 5.75 Å². The number of nitrogens with zero attached hydrogens (tertiary/aromatic N) is 3. The number of methoxy groups -OCH3 is 1. The number of aliphatic hydroxyl groups is 1. The van der Waals surface area contributed by atoms with Crippen LogP contribution in [0.15, 0.2) is 33.9 Å². The number of aryl methyl sites for hydroxylation is 1. The van der Waals surface area contributed by atoms with E-state index < -0.39 is 11.2 Å². The van der Waals surface area contributed by atoms with Gasteiger partial charge in [-0.3, -0.25) is 13.9 Å². The summed E-state index contributed by atoms with van der Waals surface area (Å²) in [6.07, 6.45) is 0. The second-order valence-corrected chi connectivity index (χ2v) is 5.12. The van der Waals surface area contributed by atoms with E-state index in [4.69, 9.17) is 9.84 Å². The summed E-state index contributed by atoms with van der Waals surface area (Å²) >= 11 is 0. The van der Waals surface area contributed by atoms with Crippen LogP contribution in [0.3, 0.4) is 0 Å². The Kier molecular flexibility index (Phi) is 3.75. The number of H-pyrrole nitrogens is 1. The first-order valence-electron chi connectivity index (χ1n) is 6.97. The van der Waals surface area contributed by atoms with Gasteiger partial charge in [0.15, 0.2) is 5.65 Å². The van der Waals surface area contributed by atoms with E-state index in [0.717, 1.165) is 10.1 Å². The molecule has 2 heterocycles. The molecule has 23 heavy (non-hydrogen) atoms. The number of ether oxygens (including phenoxy) is 1. The van der Waals surface area contributed by atoms with Crippen LogP contribution in [0.1, 0.15) is 11.4 Å². The van der Waals surface area contributed by atoms with Crippen molar-refractivity contribution >= 4 is 11.2 Å². The highest BCUT2D eigenvalue weighted by Crippen LogP contribution is 2.12. The molecule has 2 aromatic heterocycles. The lowest BCUT2D eigenvalue weighted by molar-refractivity contribution is 0.273. The average Bonchev–Trinajstić information content (AvgIpc) is 3.02. The van der Waals surface area contributed by atoms with Gasteiger partial charge in [-0.05, 0) is 17.7 Å². The summed E-state index contributed by atoms with van der Waals surface area (Å²) < 4.78 is 7.50. The molecular formula is C15H16N4O4. The summed E-state index contributed by atoms with van der Waals surface area (Å²) in [7, 11) is 3.11. The topological polar surface area (TPSA) is 102 Å². The molecule has 0 aliphatic rings. The van der Waals surface area contributed by atoms with Gasteiger partial charge in [-0.1, -0.05) is 12.1 Å². The molecule has 0 fully saturated rings. The van der Waals surface area contributed by atoms with Crippen molar-refractivity contribution in [3.8, 4) is 5.75 Å². The molecule has 0 unspecified atom stereocenters. The lowest BCUT2D eigenvalue weighted by atomic mass is 10.2. The Hall–Kier alpha value is -2.87. The van der Waals surface area contributed by atoms with Crippen LogP contribution in [0.25, 0.3) is 11.2 Å². The number of nitrogens with one attached hydrogen (secondary N) is 1. The van der Waals surface area contributed by atoms with E-state index >= 15 is 0 Å². The number of benzene rings is 1. The third kappa shape index (κ3) is 2.53. The first kappa shape index (κ1) is 15.0. The number of aromatic amines is 1. The van der Waals surface area contributed by atoms with Gasteiger partial charge in [0.25, 0.3) is 5.56 Å². The van der Waals surface area contributed by atoms with E-state index in [9.17, 15) is 9.59 Å². The van der Waals surface area contributed by atoms with Crippen LogP contribution in [0.4, 0.5) is 0 Å². The molecule has 3 aromatic rings. The maximum Gasteiger partial charge on any atom is 0.332 e. The van der Waals surface area contributed by atoms with Crippen molar-refractivity contribution in [2.75, 3.05) is 7.11 Å². The van der Waals surface area contributed by atoms with Crippen molar-refractivity contribution in [1.82, 2.24) is 19.1 Å². The van der Waals surface area contributed by atoms with Crippen molar-refractivity contribution in [3.63, 3.8) is 0 Å². The van der Waals surface area contributed by atoms with E-state index in [2.05, 4.69) is 9.97 Å². The van der Waals surface area contributed by atoms with Crippen LogP contribution in [0, 0.1) is 0 Å². The van der Waals surface area contributed by atoms with Gasteiger partial charge in [0.2, 0.25) is 0 Å². The molecule has 8 heteroatoms. The zero-order chi connectivity index (χ0) is 16.6. The Morgan fingerprint density at radius 3 is 2.57 bits per heavy atom. The van der Waals surface area contributed by atoms with Crippen LogP contribution in [-0.2, 0) is 20.2 Å². The van der Waals surface area contributed by atoms with Gasteiger partial charge < -0.3 is 14.8 Å². The second-order valence-electron chi connectivity index (χ2n) is 5.12. The third-order valence-corrected chi connectivity index (χ3v) is 3.68. The largest absolute Gasteiger partial charge is 0.497 e. The minimum absolute atomic E-state index is 0.138. The monoisotopic (exact) mass is 316 g/mol. The molecule has 0 aliphatic carbocycles. The minimum atomic E-state index is -0.467. The van der Waals surface area contributed by atoms with Crippen molar-refractivity contribution in [2.45, 2.75) is 13.2 Å². The minimum Gasteiger partial charge on any atom is -0.497 e. The third-order valence-electron chi connectivity index (χ3n) is 3.68. The van der Waals surface area contributed by atoms with E-state index in [-0.39, 0.29) is 30.1 Å². The molecule has 8 nitrogen and oxygen atoms in total. The Balaban J connectivity index is 2.13. The molecule has 0 amide bonds. The van der Waals surface area contributed by atoms with Crippen molar-refractivity contribution < 1.29 is 9.84 Å². The number of rotatable bonds is 4. The molecule has 0 radical (unpaired) electrons. The van der Waals surface area contributed by atoms with Gasteiger partial charge in [-0.2, -0.15) is 0 Å². The lowest BCUT2D eigenvalue weighted by Crippen LogP contribution is -2.39. The fourth-order valence-corrected chi connectivity index (χ4v) is 2.43. The molecule has 0 saturated carbocycles. The Morgan fingerprint density at radius 1 is 1.26 bits per heavy atom. The summed E-state index contributed by atoms with van der Waals surface area (Å²) in [5, 5.41) is 9.14. The van der Waals surface area contributed by atoms with Gasteiger partial charge in [-0.15, -0.1) is 0 Å². The summed E-state index contributed by atoms with van der Waals surface area (Å²) in [6, 6.07) is 7.12. The summed E-state index contributed by atoms with van der Waals surface area (Å²) in [5.74, 6) is 0.944. The van der Waals surface area contributed by atoms with E-state index in [1.54, 1.807) is 31.4 Å². The van der Waals surface area contributed by atoms with Crippen molar-refractivity contribution in [2.24, 2.45) is 7.05 Å². The number of fused-ring (bicyclic) bond motifs is 1. The predicted molar refractivity (Wildman–Crippen MR) is 83.6 cm³/mol. The van der Waals surface area contributed by atoms with Gasteiger partial charge in [-0.25, -0.2) is 9.78 Å². The highest BCUT2D eigenvalue weighted by Gasteiger charge is 2.15. The molecular weight excluding hydrogens is 300 g/mol. The zero-order valence-corrected chi connectivity index (χ0v) is 12.7. The summed E-state index contributed by atoms with van der Waals surface area (Å²) in [6.45, 7) is -0.195. The Morgan fingerprint density at radius 2 is 1.96 bits per heavy atom.